The van der Waals surface area contributed by atoms with Crippen LogP contribution in [0.4, 0.5) is 16.2 Å². The molecule has 0 radical (unpaired) electrons. The van der Waals surface area contributed by atoms with Crippen molar-refractivity contribution in [1.29, 1.82) is 0 Å². The lowest BCUT2D eigenvalue weighted by Crippen LogP contribution is -2.27. The minimum atomic E-state index is -0.534. The normalized spacial score (nSPS) is 17.7. The topological polar surface area (TPSA) is 134 Å². The van der Waals surface area contributed by atoms with E-state index in [1.54, 1.807) is 12.3 Å². The van der Waals surface area contributed by atoms with E-state index in [1.807, 2.05) is 12.1 Å². The van der Waals surface area contributed by atoms with Gasteiger partial charge in [-0.05, 0) is 31.0 Å². The van der Waals surface area contributed by atoms with Crippen LogP contribution in [0, 0.1) is 0 Å². The van der Waals surface area contributed by atoms with Crippen LogP contribution in [0.3, 0.4) is 0 Å². The maximum absolute atomic E-state index is 11.9. The highest BCUT2D eigenvalue weighted by molar-refractivity contribution is 5.88. The fraction of sp³-hybridized carbons (Fsp3) is 0.389. The molecule has 6 N–H and O–H groups in total. The van der Waals surface area contributed by atoms with Gasteiger partial charge in [0, 0.05) is 36.4 Å². The fourth-order valence-corrected chi connectivity index (χ4v) is 2.88. The van der Waals surface area contributed by atoms with Gasteiger partial charge in [-0.1, -0.05) is 0 Å². The first-order valence-electron chi connectivity index (χ1n) is 8.87. The smallest absolute Gasteiger partial charge is 0.411 e. The second-order valence-corrected chi connectivity index (χ2v) is 6.33. The molecule has 1 atom stereocenters. The summed E-state index contributed by atoms with van der Waals surface area (Å²) in [4.78, 5) is 30.9. The summed E-state index contributed by atoms with van der Waals surface area (Å²) in [6.45, 7) is 1.24. The fourth-order valence-electron chi connectivity index (χ4n) is 2.88. The molecule has 1 aromatic heterocycles. The van der Waals surface area contributed by atoms with E-state index < -0.39 is 6.09 Å². The number of anilines is 2. The average Bonchev–Trinajstić information content (AvgIpc) is 3.15. The van der Waals surface area contributed by atoms with Crippen LogP contribution in [0.2, 0.25) is 0 Å². The van der Waals surface area contributed by atoms with Crippen molar-refractivity contribution >= 4 is 23.4 Å². The van der Waals surface area contributed by atoms with Gasteiger partial charge < -0.3 is 26.1 Å². The molecule has 0 fully saturated rings. The molecule has 9 heteroatoms. The second kappa shape index (κ2) is 8.54. The maximum Gasteiger partial charge on any atom is 0.411 e. The van der Waals surface area contributed by atoms with Gasteiger partial charge in [-0.15, -0.1) is 0 Å². The summed E-state index contributed by atoms with van der Waals surface area (Å²) in [6, 6.07) is 5.17. The van der Waals surface area contributed by atoms with E-state index in [9.17, 15) is 9.59 Å². The third-order valence-electron chi connectivity index (χ3n) is 4.36. The summed E-state index contributed by atoms with van der Waals surface area (Å²) in [5, 5.41) is 8.90. The summed E-state index contributed by atoms with van der Waals surface area (Å²) in [5.74, 6) is 0.622. The number of carbonyl (C=O) groups is 2. The number of aromatic amines is 1. The first kappa shape index (κ1) is 18.7. The molecule has 0 saturated heterocycles. The molecule has 144 valence electrons. The Hall–Kier alpha value is -3.07. The van der Waals surface area contributed by atoms with Gasteiger partial charge in [0.1, 0.15) is 5.82 Å². The molecule has 3 rings (SSSR count). The number of rotatable bonds is 1. The molecular formula is C18H24N6O3. The predicted octanol–water partition coefficient (Wildman–Crippen LogP) is 1.97. The Balaban J connectivity index is 1.91. The van der Waals surface area contributed by atoms with Crippen LogP contribution < -0.4 is 21.7 Å². The summed E-state index contributed by atoms with van der Waals surface area (Å²) in [7, 11) is 1.32. The van der Waals surface area contributed by atoms with Crippen molar-refractivity contribution in [2.45, 2.75) is 25.3 Å². The number of ether oxygens (including phenoxy) is 1. The molecule has 0 saturated carbocycles. The molecule has 0 unspecified atom stereocenters. The molecule has 9 nitrogen and oxygen atoms in total. The number of nitrogens with one attached hydrogen (secondary N) is 4. The highest BCUT2D eigenvalue weighted by atomic mass is 16.5. The lowest BCUT2D eigenvalue weighted by atomic mass is 10.1. The van der Waals surface area contributed by atoms with Crippen molar-refractivity contribution in [2.75, 3.05) is 30.8 Å². The zero-order chi connectivity index (χ0) is 19.2. The minimum absolute atomic E-state index is 0.0146. The van der Waals surface area contributed by atoms with Crippen LogP contribution in [0.25, 0.3) is 11.3 Å². The Morgan fingerprint density at radius 2 is 2.15 bits per heavy atom. The van der Waals surface area contributed by atoms with Crippen LogP contribution >= 0.6 is 0 Å². The third-order valence-corrected chi connectivity index (χ3v) is 4.36. The van der Waals surface area contributed by atoms with Gasteiger partial charge >= 0.3 is 6.09 Å². The summed E-state index contributed by atoms with van der Waals surface area (Å²) < 4.78 is 4.64. The van der Waals surface area contributed by atoms with Gasteiger partial charge in [-0.25, -0.2) is 9.78 Å². The minimum Gasteiger partial charge on any atom is -0.453 e. The largest absolute Gasteiger partial charge is 0.453 e. The van der Waals surface area contributed by atoms with Gasteiger partial charge in [0.2, 0.25) is 5.91 Å². The summed E-state index contributed by atoms with van der Waals surface area (Å²) in [5.41, 5.74) is 9.33. The van der Waals surface area contributed by atoms with Crippen molar-refractivity contribution in [1.82, 2.24) is 15.3 Å². The average molecular weight is 372 g/mol. The van der Waals surface area contributed by atoms with Crippen molar-refractivity contribution in [3.63, 3.8) is 0 Å². The molecule has 27 heavy (non-hydrogen) atoms. The Bertz CT molecular complexity index is 819. The zero-order valence-corrected chi connectivity index (χ0v) is 15.2. The molecule has 0 aliphatic carbocycles. The standard InChI is InChI=1S/C18H24N6O3/c1-27-18(26)23-11-3-4-12-14(9-11)20-7-2-8-21-16(25)6-5-13(19)17-22-10-15(12)24-17/h3-4,9-10,13,20H,2,5-8,19H2,1H3,(H,21,25)(H,22,24)(H,23,26)/t13-/m0/s1. The van der Waals surface area contributed by atoms with Crippen LogP contribution in [-0.4, -0.2) is 42.2 Å². The monoisotopic (exact) mass is 372 g/mol. The molecule has 2 heterocycles. The lowest BCUT2D eigenvalue weighted by Gasteiger charge is -2.15. The van der Waals surface area contributed by atoms with Crippen molar-refractivity contribution in [3.05, 3.63) is 30.2 Å². The number of hydrogen-bond acceptors (Lipinski definition) is 6. The van der Waals surface area contributed by atoms with Gasteiger partial charge in [0.15, 0.2) is 0 Å². The molecule has 1 aliphatic heterocycles. The molecule has 2 aromatic rings. The van der Waals surface area contributed by atoms with Crippen molar-refractivity contribution in [3.8, 4) is 11.3 Å². The second-order valence-electron chi connectivity index (χ2n) is 6.33. The zero-order valence-electron chi connectivity index (χ0n) is 15.2. The molecule has 1 aliphatic rings. The number of fused-ring (bicyclic) bond motifs is 4. The molecular weight excluding hydrogens is 348 g/mol. The van der Waals surface area contributed by atoms with E-state index in [1.165, 1.54) is 7.11 Å². The number of imidazole rings is 1. The van der Waals surface area contributed by atoms with Crippen LogP contribution in [-0.2, 0) is 9.53 Å². The molecule has 1 aromatic carbocycles. The summed E-state index contributed by atoms with van der Waals surface area (Å²) >= 11 is 0. The Morgan fingerprint density at radius 3 is 2.96 bits per heavy atom. The first-order valence-corrected chi connectivity index (χ1v) is 8.87. The Labute approximate surface area is 157 Å². The number of H-pyrrole nitrogens is 1. The highest BCUT2D eigenvalue weighted by Gasteiger charge is 2.16. The van der Waals surface area contributed by atoms with Crippen LogP contribution in [0.1, 0.15) is 31.1 Å². The Kier molecular flexibility index (Phi) is 5.92. The number of hydrogen-bond donors (Lipinski definition) is 5. The van der Waals surface area contributed by atoms with E-state index in [0.29, 0.717) is 37.4 Å². The van der Waals surface area contributed by atoms with Crippen molar-refractivity contribution in [2.24, 2.45) is 5.73 Å². The Morgan fingerprint density at radius 1 is 1.33 bits per heavy atom. The SMILES string of the molecule is COC(=O)Nc1ccc2c(c1)NCCCNC(=O)CC[C@H](N)c1ncc-2[nH]1. The van der Waals surface area contributed by atoms with E-state index in [-0.39, 0.29) is 11.9 Å². The molecule has 2 amide bonds. The van der Waals surface area contributed by atoms with Crippen LogP contribution in [0.15, 0.2) is 24.4 Å². The van der Waals surface area contributed by atoms with E-state index in [2.05, 4.69) is 30.7 Å². The maximum atomic E-state index is 11.9. The predicted molar refractivity (Wildman–Crippen MR) is 102 cm³/mol. The number of methoxy groups -OCH3 is 1. The van der Waals surface area contributed by atoms with E-state index in [4.69, 9.17) is 5.73 Å². The van der Waals surface area contributed by atoms with Gasteiger partial charge in [0.25, 0.3) is 0 Å². The number of carbonyl (C=O) groups excluding carboxylic acids is 2. The number of nitrogens with two attached hydrogens (primary N) is 1. The van der Waals surface area contributed by atoms with E-state index >= 15 is 0 Å². The third kappa shape index (κ3) is 4.76. The number of amides is 2. The van der Waals surface area contributed by atoms with E-state index in [0.717, 1.165) is 23.4 Å². The highest BCUT2D eigenvalue weighted by Crippen LogP contribution is 2.30. The molecule has 0 spiro atoms. The number of nitrogens with zero attached hydrogens (tertiary/aromatic N) is 1. The number of aromatic nitrogens is 2. The first-order chi connectivity index (χ1) is 13.1. The van der Waals surface area contributed by atoms with Crippen LogP contribution in [0.5, 0.6) is 0 Å². The summed E-state index contributed by atoms with van der Waals surface area (Å²) in [6.07, 6.45) is 2.84. The number of benzene rings is 1. The quantitative estimate of drug-likeness (QED) is 0.519. The lowest BCUT2D eigenvalue weighted by molar-refractivity contribution is -0.121. The van der Waals surface area contributed by atoms with Crippen molar-refractivity contribution < 1.29 is 14.3 Å². The van der Waals surface area contributed by atoms with Gasteiger partial charge in [0.05, 0.1) is 25.0 Å². The van der Waals surface area contributed by atoms with Gasteiger partial charge in [-0.3, -0.25) is 10.1 Å². The van der Waals surface area contributed by atoms with Gasteiger partial charge in [-0.2, -0.15) is 0 Å². The molecule has 2 bridgehead atoms.